The molecule has 3 aromatic heterocycles. The Kier molecular flexibility index (Phi) is 5.35. The number of aromatic amines is 1. The smallest absolute Gasteiger partial charge is 0.273 e. The van der Waals surface area contributed by atoms with E-state index in [0.717, 1.165) is 42.9 Å². The zero-order chi connectivity index (χ0) is 21.9. The molecule has 1 aliphatic rings. The fourth-order valence-corrected chi connectivity index (χ4v) is 3.81. The molecule has 1 aromatic carbocycles. The molecule has 0 atom stereocenters. The first kappa shape index (κ1) is 19.9. The fourth-order valence-electron chi connectivity index (χ4n) is 3.81. The third-order valence-corrected chi connectivity index (χ3v) is 5.59. The largest absolute Gasteiger partial charge is 0.448 e. The van der Waals surface area contributed by atoms with Crippen LogP contribution in [0.25, 0.3) is 11.0 Å². The maximum atomic E-state index is 12.4. The molecule has 4 aromatic rings. The molecule has 1 aliphatic heterocycles. The van der Waals surface area contributed by atoms with Crippen molar-refractivity contribution in [3.8, 4) is 6.07 Å². The van der Waals surface area contributed by atoms with Crippen LogP contribution in [-0.4, -0.2) is 50.4 Å². The lowest BCUT2D eigenvalue weighted by atomic mass is 10.00. The molecule has 4 heterocycles. The quantitative estimate of drug-likeness (QED) is 0.464. The minimum atomic E-state index is -0.351. The van der Waals surface area contributed by atoms with Gasteiger partial charge in [-0.2, -0.15) is 5.26 Å². The summed E-state index contributed by atoms with van der Waals surface area (Å²) in [5, 5.41) is 11.9. The first-order chi connectivity index (χ1) is 15.7. The number of likely N-dealkylation sites (tertiary alicyclic amines) is 1. The van der Waals surface area contributed by atoms with Crippen LogP contribution in [0, 0.1) is 11.3 Å². The Hall–Kier alpha value is -4.03. The standard InChI is InChI=1S/C23H21N7O2/c24-10-15-4-3-8-25-19(15)11-26-22(31)20-14-32-23(29-20)16-12-30(13-16)9-7-21-27-17-5-1-2-6-18(17)28-21/h1-6,8,14,16H,7,9,11-13H2,(H,26,31)(H,27,28). The van der Waals surface area contributed by atoms with Gasteiger partial charge < -0.3 is 19.6 Å². The Morgan fingerprint density at radius 1 is 1.25 bits per heavy atom. The highest BCUT2D eigenvalue weighted by atomic mass is 16.3. The number of benzene rings is 1. The van der Waals surface area contributed by atoms with Gasteiger partial charge in [-0.25, -0.2) is 9.97 Å². The second-order valence-electron chi connectivity index (χ2n) is 7.77. The number of imidazole rings is 1. The van der Waals surface area contributed by atoms with E-state index in [9.17, 15) is 4.79 Å². The average molecular weight is 427 g/mol. The lowest BCUT2D eigenvalue weighted by molar-refractivity contribution is 0.0945. The van der Waals surface area contributed by atoms with Crippen molar-refractivity contribution in [1.29, 1.82) is 5.26 Å². The summed E-state index contributed by atoms with van der Waals surface area (Å²) >= 11 is 0. The number of hydrogen-bond acceptors (Lipinski definition) is 7. The minimum absolute atomic E-state index is 0.157. The number of pyridine rings is 1. The van der Waals surface area contributed by atoms with E-state index in [1.54, 1.807) is 18.3 Å². The number of hydrogen-bond donors (Lipinski definition) is 2. The molecular formula is C23H21N7O2. The molecule has 32 heavy (non-hydrogen) atoms. The number of H-pyrrole nitrogens is 1. The van der Waals surface area contributed by atoms with Crippen molar-refractivity contribution in [2.75, 3.05) is 19.6 Å². The number of aromatic nitrogens is 4. The predicted octanol–water partition coefficient (Wildman–Crippen LogP) is 2.39. The van der Waals surface area contributed by atoms with E-state index < -0.39 is 0 Å². The van der Waals surface area contributed by atoms with Crippen molar-refractivity contribution in [3.63, 3.8) is 0 Å². The van der Waals surface area contributed by atoms with Crippen LogP contribution in [0.4, 0.5) is 0 Å². The summed E-state index contributed by atoms with van der Waals surface area (Å²) in [6.07, 6.45) is 3.82. The van der Waals surface area contributed by atoms with Crippen molar-refractivity contribution >= 4 is 16.9 Å². The highest BCUT2D eigenvalue weighted by Crippen LogP contribution is 2.26. The van der Waals surface area contributed by atoms with Crippen LogP contribution < -0.4 is 5.32 Å². The normalized spacial score (nSPS) is 14.2. The van der Waals surface area contributed by atoms with Gasteiger partial charge in [-0.15, -0.1) is 0 Å². The van der Waals surface area contributed by atoms with Gasteiger partial charge >= 0.3 is 0 Å². The summed E-state index contributed by atoms with van der Waals surface area (Å²) in [5.41, 5.74) is 3.23. The van der Waals surface area contributed by atoms with Gasteiger partial charge in [0, 0.05) is 32.3 Å². The van der Waals surface area contributed by atoms with Crippen molar-refractivity contribution < 1.29 is 9.21 Å². The molecule has 1 saturated heterocycles. The highest BCUT2D eigenvalue weighted by molar-refractivity contribution is 5.91. The predicted molar refractivity (Wildman–Crippen MR) is 116 cm³/mol. The Labute approximate surface area is 184 Å². The Morgan fingerprint density at radius 2 is 2.12 bits per heavy atom. The molecule has 0 saturated carbocycles. The fraction of sp³-hybridized carbons (Fsp3) is 0.261. The van der Waals surface area contributed by atoms with E-state index in [0.29, 0.717) is 17.1 Å². The molecule has 160 valence electrons. The van der Waals surface area contributed by atoms with E-state index in [2.05, 4.69) is 36.2 Å². The number of rotatable bonds is 7. The summed E-state index contributed by atoms with van der Waals surface area (Å²) in [4.78, 5) is 31.2. The number of nitrogens with zero attached hydrogens (tertiary/aromatic N) is 5. The second-order valence-corrected chi connectivity index (χ2v) is 7.77. The average Bonchev–Trinajstić information content (AvgIpc) is 3.43. The van der Waals surface area contributed by atoms with Crippen LogP contribution in [0.5, 0.6) is 0 Å². The van der Waals surface area contributed by atoms with Gasteiger partial charge in [0.05, 0.1) is 34.8 Å². The van der Waals surface area contributed by atoms with Crippen LogP contribution in [0.3, 0.4) is 0 Å². The van der Waals surface area contributed by atoms with Crippen LogP contribution in [0.1, 0.15) is 39.4 Å². The monoisotopic (exact) mass is 427 g/mol. The number of fused-ring (bicyclic) bond motifs is 1. The molecule has 0 unspecified atom stereocenters. The van der Waals surface area contributed by atoms with Crippen LogP contribution in [0.15, 0.2) is 53.3 Å². The molecule has 0 aliphatic carbocycles. The Balaban J connectivity index is 1.11. The SMILES string of the molecule is N#Cc1cccnc1CNC(=O)c1coc(C2CN(CCc3nc4ccccc4[nH]3)C2)n1. The molecule has 0 spiro atoms. The number of carbonyl (C=O) groups excluding carboxylic acids is 1. The molecule has 0 bridgehead atoms. The third kappa shape index (κ3) is 4.08. The van der Waals surface area contributed by atoms with Crippen molar-refractivity contribution in [2.45, 2.75) is 18.9 Å². The Bertz CT molecular complexity index is 1260. The number of amides is 1. The molecule has 9 nitrogen and oxygen atoms in total. The summed E-state index contributed by atoms with van der Waals surface area (Å²) < 4.78 is 5.55. The van der Waals surface area contributed by atoms with Crippen molar-refractivity contribution in [2.24, 2.45) is 0 Å². The topological polar surface area (TPSA) is 124 Å². The van der Waals surface area contributed by atoms with Gasteiger partial charge in [0.2, 0.25) is 0 Å². The maximum absolute atomic E-state index is 12.4. The van der Waals surface area contributed by atoms with Gasteiger partial charge in [-0.05, 0) is 24.3 Å². The van der Waals surface area contributed by atoms with Crippen LogP contribution in [0.2, 0.25) is 0 Å². The maximum Gasteiger partial charge on any atom is 0.273 e. The summed E-state index contributed by atoms with van der Waals surface area (Å²) in [6, 6.07) is 13.4. The minimum Gasteiger partial charge on any atom is -0.448 e. The lowest BCUT2D eigenvalue weighted by Crippen LogP contribution is -2.46. The summed E-state index contributed by atoms with van der Waals surface area (Å²) in [6.45, 7) is 2.72. The number of nitriles is 1. The van der Waals surface area contributed by atoms with Gasteiger partial charge in [-0.3, -0.25) is 9.78 Å². The molecule has 0 radical (unpaired) electrons. The first-order valence-corrected chi connectivity index (χ1v) is 10.4. The van der Waals surface area contributed by atoms with E-state index in [1.807, 2.05) is 24.3 Å². The van der Waals surface area contributed by atoms with E-state index in [-0.39, 0.29) is 24.1 Å². The van der Waals surface area contributed by atoms with Crippen LogP contribution in [-0.2, 0) is 13.0 Å². The molecule has 1 fully saturated rings. The zero-order valence-corrected chi connectivity index (χ0v) is 17.3. The summed E-state index contributed by atoms with van der Waals surface area (Å²) in [7, 11) is 0. The van der Waals surface area contributed by atoms with Crippen molar-refractivity contribution in [1.82, 2.24) is 30.2 Å². The van der Waals surface area contributed by atoms with Gasteiger partial charge in [0.15, 0.2) is 11.6 Å². The molecule has 9 heteroatoms. The van der Waals surface area contributed by atoms with Crippen LogP contribution >= 0.6 is 0 Å². The highest BCUT2D eigenvalue weighted by Gasteiger charge is 2.32. The molecular weight excluding hydrogens is 406 g/mol. The summed E-state index contributed by atoms with van der Waals surface area (Å²) in [5.74, 6) is 1.38. The number of oxazole rings is 1. The molecule has 2 N–H and O–H groups in total. The molecule has 1 amide bonds. The number of nitrogens with one attached hydrogen (secondary N) is 2. The zero-order valence-electron chi connectivity index (χ0n) is 17.3. The van der Waals surface area contributed by atoms with Gasteiger partial charge in [-0.1, -0.05) is 12.1 Å². The second kappa shape index (κ2) is 8.61. The van der Waals surface area contributed by atoms with E-state index in [4.69, 9.17) is 9.68 Å². The number of carbonyl (C=O) groups is 1. The van der Waals surface area contributed by atoms with E-state index in [1.165, 1.54) is 6.26 Å². The van der Waals surface area contributed by atoms with Gasteiger partial charge in [0.25, 0.3) is 5.91 Å². The van der Waals surface area contributed by atoms with Crippen molar-refractivity contribution in [3.05, 3.63) is 77.5 Å². The lowest BCUT2D eigenvalue weighted by Gasteiger charge is -2.37. The van der Waals surface area contributed by atoms with Gasteiger partial charge in [0.1, 0.15) is 18.2 Å². The number of para-hydroxylation sites is 2. The third-order valence-electron chi connectivity index (χ3n) is 5.59. The Morgan fingerprint density at radius 3 is 2.97 bits per heavy atom. The first-order valence-electron chi connectivity index (χ1n) is 10.4. The van der Waals surface area contributed by atoms with E-state index >= 15 is 0 Å². The molecule has 5 rings (SSSR count).